The third-order valence-corrected chi connectivity index (χ3v) is 3.22. The predicted molar refractivity (Wildman–Crippen MR) is 77.0 cm³/mol. The monoisotopic (exact) mass is 311 g/mol. The van der Waals surface area contributed by atoms with Crippen LogP contribution in [0.4, 0.5) is 13.2 Å². The SMILES string of the molecule is CCc1cccc(OCCn2cc(C(F)(F)F)ccc2=O)c1. The number of hydrogen-bond donors (Lipinski definition) is 0. The fraction of sp³-hybridized carbons (Fsp3) is 0.312. The summed E-state index contributed by atoms with van der Waals surface area (Å²) in [5.74, 6) is 0.638. The van der Waals surface area contributed by atoms with Crippen LogP contribution in [0.25, 0.3) is 0 Å². The first-order valence-electron chi connectivity index (χ1n) is 6.89. The lowest BCUT2D eigenvalue weighted by Crippen LogP contribution is -2.24. The molecule has 22 heavy (non-hydrogen) atoms. The first-order valence-corrected chi connectivity index (χ1v) is 6.89. The van der Waals surface area contributed by atoms with E-state index in [0.717, 1.165) is 34.9 Å². The number of benzene rings is 1. The lowest BCUT2D eigenvalue weighted by Gasteiger charge is -2.12. The zero-order valence-electron chi connectivity index (χ0n) is 12.1. The summed E-state index contributed by atoms with van der Waals surface area (Å²) >= 11 is 0. The van der Waals surface area contributed by atoms with E-state index in [9.17, 15) is 18.0 Å². The van der Waals surface area contributed by atoms with Crippen LogP contribution >= 0.6 is 0 Å². The molecule has 1 aromatic carbocycles. The van der Waals surface area contributed by atoms with Gasteiger partial charge in [-0.05, 0) is 30.2 Å². The van der Waals surface area contributed by atoms with Gasteiger partial charge in [0.15, 0.2) is 0 Å². The van der Waals surface area contributed by atoms with Crippen LogP contribution in [-0.4, -0.2) is 11.2 Å². The van der Waals surface area contributed by atoms with Crippen LogP contribution in [0.5, 0.6) is 5.75 Å². The Morgan fingerprint density at radius 3 is 2.64 bits per heavy atom. The fourth-order valence-electron chi connectivity index (χ4n) is 1.99. The van der Waals surface area contributed by atoms with E-state index in [4.69, 9.17) is 4.74 Å². The highest BCUT2D eigenvalue weighted by molar-refractivity contribution is 5.28. The third kappa shape index (κ3) is 4.13. The van der Waals surface area contributed by atoms with Gasteiger partial charge < -0.3 is 9.30 Å². The maximum atomic E-state index is 12.6. The number of ether oxygens (including phenoxy) is 1. The van der Waals surface area contributed by atoms with E-state index in [1.165, 1.54) is 0 Å². The molecule has 118 valence electrons. The largest absolute Gasteiger partial charge is 0.492 e. The molecular weight excluding hydrogens is 295 g/mol. The predicted octanol–water partition coefficient (Wildman–Crippen LogP) is 3.51. The number of nitrogens with zero attached hydrogens (tertiary/aromatic N) is 1. The summed E-state index contributed by atoms with van der Waals surface area (Å²) in [7, 11) is 0. The van der Waals surface area contributed by atoms with E-state index in [0.29, 0.717) is 5.75 Å². The van der Waals surface area contributed by atoms with Gasteiger partial charge in [-0.1, -0.05) is 19.1 Å². The second-order valence-corrected chi connectivity index (χ2v) is 4.80. The molecule has 0 fully saturated rings. The standard InChI is InChI=1S/C16H16F3NO2/c1-2-12-4-3-5-14(10-12)22-9-8-20-11-13(16(17,18)19)6-7-15(20)21/h3-7,10-11H,2,8-9H2,1H3. The van der Waals surface area contributed by atoms with Crippen molar-refractivity contribution in [2.24, 2.45) is 0 Å². The van der Waals surface area contributed by atoms with E-state index in [2.05, 4.69) is 0 Å². The molecule has 1 heterocycles. The topological polar surface area (TPSA) is 31.2 Å². The average Bonchev–Trinajstić information content (AvgIpc) is 2.48. The number of alkyl halides is 3. The molecule has 6 heteroatoms. The Morgan fingerprint density at radius 2 is 1.95 bits per heavy atom. The molecule has 0 saturated heterocycles. The van der Waals surface area contributed by atoms with Crippen LogP contribution < -0.4 is 10.3 Å². The minimum atomic E-state index is -4.47. The second kappa shape index (κ2) is 6.68. The van der Waals surface area contributed by atoms with Crippen LogP contribution in [-0.2, 0) is 19.1 Å². The Bertz CT molecular complexity index is 692. The smallest absolute Gasteiger partial charge is 0.417 e. The maximum Gasteiger partial charge on any atom is 0.417 e. The van der Waals surface area contributed by atoms with Crippen LogP contribution in [0, 0.1) is 0 Å². The zero-order valence-corrected chi connectivity index (χ0v) is 12.1. The van der Waals surface area contributed by atoms with Crippen molar-refractivity contribution >= 4 is 0 Å². The molecular formula is C16H16F3NO2. The molecule has 0 unspecified atom stereocenters. The van der Waals surface area contributed by atoms with Gasteiger partial charge in [0, 0.05) is 12.3 Å². The Labute approximate surface area is 126 Å². The molecule has 0 aliphatic carbocycles. The van der Waals surface area contributed by atoms with Gasteiger partial charge in [-0.25, -0.2) is 0 Å². The minimum Gasteiger partial charge on any atom is -0.492 e. The highest BCUT2D eigenvalue weighted by atomic mass is 19.4. The summed E-state index contributed by atoms with van der Waals surface area (Å²) < 4.78 is 44.4. The molecule has 0 atom stereocenters. The Morgan fingerprint density at radius 1 is 1.18 bits per heavy atom. The lowest BCUT2D eigenvalue weighted by atomic mass is 10.2. The van der Waals surface area contributed by atoms with E-state index in [1.807, 2.05) is 25.1 Å². The first-order chi connectivity index (χ1) is 10.4. The van der Waals surface area contributed by atoms with Gasteiger partial charge in [0.1, 0.15) is 12.4 Å². The fourth-order valence-corrected chi connectivity index (χ4v) is 1.99. The molecule has 0 radical (unpaired) electrons. The van der Waals surface area contributed by atoms with Crippen molar-refractivity contribution in [2.75, 3.05) is 6.61 Å². The van der Waals surface area contributed by atoms with E-state index < -0.39 is 17.3 Å². The highest BCUT2D eigenvalue weighted by Crippen LogP contribution is 2.28. The number of aromatic nitrogens is 1. The van der Waals surface area contributed by atoms with Crippen LogP contribution in [0.2, 0.25) is 0 Å². The molecule has 2 aromatic rings. The summed E-state index contributed by atoms with van der Waals surface area (Å²) in [6.45, 7) is 2.19. The molecule has 0 amide bonds. The third-order valence-electron chi connectivity index (χ3n) is 3.22. The van der Waals surface area contributed by atoms with Crippen molar-refractivity contribution in [3.8, 4) is 5.75 Å². The van der Waals surface area contributed by atoms with E-state index in [-0.39, 0.29) is 13.2 Å². The first kappa shape index (κ1) is 16.1. The molecule has 0 aliphatic rings. The second-order valence-electron chi connectivity index (χ2n) is 4.80. The lowest BCUT2D eigenvalue weighted by molar-refractivity contribution is -0.138. The molecule has 0 spiro atoms. The summed E-state index contributed by atoms with van der Waals surface area (Å²) in [6, 6.07) is 9.16. The van der Waals surface area contributed by atoms with Crippen LogP contribution in [0.15, 0.2) is 47.4 Å². The van der Waals surface area contributed by atoms with Gasteiger partial charge in [-0.2, -0.15) is 13.2 Å². The minimum absolute atomic E-state index is 0.0547. The normalized spacial score (nSPS) is 11.5. The van der Waals surface area contributed by atoms with Crippen molar-refractivity contribution in [3.63, 3.8) is 0 Å². The van der Waals surface area contributed by atoms with Crippen molar-refractivity contribution in [3.05, 3.63) is 64.1 Å². The van der Waals surface area contributed by atoms with Crippen LogP contribution in [0.1, 0.15) is 18.1 Å². The van der Waals surface area contributed by atoms with Crippen LogP contribution in [0.3, 0.4) is 0 Å². The van der Waals surface area contributed by atoms with Crippen molar-refractivity contribution in [1.82, 2.24) is 4.57 Å². The number of pyridine rings is 1. The summed E-state index contributed by atoms with van der Waals surface area (Å²) in [5.41, 5.74) is -0.229. The summed E-state index contributed by atoms with van der Waals surface area (Å²) in [5, 5.41) is 0. The van der Waals surface area contributed by atoms with E-state index in [1.54, 1.807) is 6.07 Å². The zero-order chi connectivity index (χ0) is 16.2. The molecule has 1 aromatic heterocycles. The van der Waals surface area contributed by atoms with Gasteiger partial charge in [-0.3, -0.25) is 4.79 Å². The van der Waals surface area contributed by atoms with Crippen molar-refractivity contribution in [1.29, 1.82) is 0 Å². The van der Waals surface area contributed by atoms with Gasteiger partial charge in [0.05, 0.1) is 12.1 Å². The van der Waals surface area contributed by atoms with Gasteiger partial charge in [0.25, 0.3) is 5.56 Å². The number of aryl methyl sites for hydroxylation is 1. The van der Waals surface area contributed by atoms with Gasteiger partial charge >= 0.3 is 6.18 Å². The van der Waals surface area contributed by atoms with E-state index >= 15 is 0 Å². The Kier molecular flexibility index (Phi) is 4.90. The average molecular weight is 311 g/mol. The van der Waals surface area contributed by atoms with Crippen molar-refractivity contribution < 1.29 is 17.9 Å². The number of rotatable bonds is 5. The summed E-state index contributed by atoms with van der Waals surface area (Å²) in [6.07, 6.45) is -2.79. The molecule has 0 N–H and O–H groups in total. The molecule has 0 bridgehead atoms. The number of hydrogen-bond acceptors (Lipinski definition) is 2. The van der Waals surface area contributed by atoms with Gasteiger partial charge in [0.2, 0.25) is 0 Å². The van der Waals surface area contributed by atoms with Gasteiger partial charge in [-0.15, -0.1) is 0 Å². The maximum absolute atomic E-state index is 12.6. The highest BCUT2D eigenvalue weighted by Gasteiger charge is 2.30. The Hall–Kier alpha value is -2.24. The molecule has 2 rings (SSSR count). The molecule has 0 aliphatic heterocycles. The Balaban J connectivity index is 2.03. The van der Waals surface area contributed by atoms with Crippen molar-refractivity contribution in [2.45, 2.75) is 26.1 Å². The quantitative estimate of drug-likeness (QED) is 0.846. The molecule has 3 nitrogen and oxygen atoms in total. The summed E-state index contributed by atoms with van der Waals surface area (Å²) in [4.78, 5) is 11.6. The molecule has 0 saturated carbocycles. The number of halogens is 3.